The average molecular weight is 273 g/mol. The summed E-state index contributed by atoms with van der Waals surface area (Å²) in [7, 11) is 0. The fourth-order valence-corrected chi connectivity index (χ4v) is 2.59. The van der Waals surface area contributed by atoms with Gasteiger partial charge in [0.2, 0.25) is 5.90 Å². The van der Waals surface area contributed by atoms with E-state index in [9.17, 15) is 4.79 Å². The van der Waals surface area contributed by atoms with Crippen LogP contribution in [0, 0.1) is 0 Å². The maximum atomic E-state index is 12.2. The first-order valence-corrected chi connectivity index (χ1v) is 6.71. The van der Waals surface area contributed by atoms with E-state index in [1.807, 2.05) is 60.7 Å². The van der Waals surface area contributed by atoms with Crippen LogP contribution >= 0.6 is 0 Å². The van der Waals surface area contributed by atoms with Gasteiger partial charge in [0.25, 0.3) is 0 Å². The standard InChI is InChI=1S/C18H11NO2/c20-18-15-11-5-7-12-6-4-10-14(16(12)15)17(21-18)19-13-8-2-1-3-9-13/h1-11H. The molecule has 0 N–H and O–H groups in total. The van der Waals surface area contributed by atoms with Gasteiger partial charge >= 0.3 is 5.97 Å². The molecule has 0 saturated carbocycles. The van der Waals surface area contributed by atoms with E-state index in [2.05, 4.69) is 4.99 Å². The fourth-order valence-electron chi connectivity index (χ4n) is 2.59. The fraction of sp³-hybridized carbons (Fsp3) is 0. The third kappa shape index (κ3) is 1.91. The van der Waals surface area contributed by atoms with Crippen LogP contribution < -0.4 is 0 Å². The van der Waals surface area contributed by atoms with Gasteiger partial charge in [-0.2, -0.15) is 0 Å². The molecule has 21 heavy (non-hydrogen) atoms. The molecule has 4 rings (SSSR count). The van der Waals surface area contributed by atoms with E-state index in [-0.39, 0.29) is 5.97 Å². The minimum atomic E-state index is -0.353. The van der Waals surface area contributed by atoms with Crippen molar-refractivity contribution in [3.05, 3.63) is 77.9 Å². The summed E-state index contributed by atoms with van der Waals surface area (Å²) in [6.45, 7) is 0. The number of rotatable bonds is 1. The largest absolute Gasteiger partial charge is 0.403 e. The lowest BCUT2D eigenvalue weighted by atomic mass is 9.97. The second kappa shape index (κ2) is 4.56. The first-order chi connectivity index (χ1) is 10.3. The zero-order valence-electron chi connectivity index (χ0n) is 11.1. The second-order valence-electron chi connectivity index (χ2n) is 4.85. The van der Waals surface area contributed by atoms with E-state index < -0.39 is 0 Å². The molecule has 0 unspecified atom stereocenters. The molecule has 1 aliphatic rings. The predicted molar refractivity (Wildman–Crippen MR) is 82.0 cm³/mol. The first kappa shape index (κ1) is 11.9. The maximum absolute atomic E-state index is 12.2. The Morgan fingerprint density at radius 1 is 0.762 bits per heavy atom. The van der Waals surface area contributed by atoms with Crippen molar-refractivity contribution in [2.24, 2.45) is 4.99 Å². The molecule has 100 valence electrons. The summed E-state index contributed by atoms with van der Waals surface area (Å²) in [5.74, 6) is 0.00415. The topological polar surface area (TPSA) is 38.7 Å². The second-order valence-corrected chi connectivity index (χ2v) is 4.85. The highest BCUT2D eigenvalue weighted by Gasteiger charge is 2.25. The number of cyclic esters (lactones) is 1. The Labute approximate surface area is 121 Å². The Bertz CT molecular complexity index is 877. The van der Waals surface area contributed by atoms with Gasteiger partial charge in [0.1, 0.15) is 0 Å². The molecule has 0 bridgehead atoms. The van der Waals surface area contributed by atoms with Gasteiger partial charge in [-0.25, -0.2) is 9.79 Å². The Balaban J connectivity index is 1.99. The molecule has 1 heterocycles. The maximum Gasteiger partial charge on any atom is 0.345 e. The van der Waals surface area contributed by atoms with Crippen molar-refractivity contribution < 1.29 is 9.53 Å². The Morgan fingerprint density at radius 2 is 1.48 bits per heavy atom. The SMILES string of the molecule is O=C1OC(=Nc2ccccc2)c2cccc3cccc1c23. The summed E-state index contributed by atoms with van der Waals surface area (Å²) in [6.07, 6.45) is 0. The molecule has 3 nitrogen and oxygen atoms in total. The van der Waals surface area contributed by atoms with Crippen molar-refractivity contribution in [2.75, 3.05) is 0 Å². The van der Waals surface area contributed by atoms with Gasteiger partial charge in [0.15, 0.2) is 0 Å². The summed E-state index contributed by atoms with van der Waals surface area (Å²) in [5, 5.41) is 1.92. The quantitative estimate of drug-likeness (QED) is 0.626. The van der Waals surface area contributed by atoms with Gasteiger partial charge in [-0.3, -0.25) is 0 Å². The van der Waals surface area contributed by atoms with Crippen LogP contribution in [0.25, 0.3) is 10.8 Å². The summed E-state index contributed by atoms with van der Waals surface area (Å²) in [4.78, 5) is 16.6. The van der Waals surface area contributed by atoms with Crippen molar-refractivity contribution in [3.63, 3.8) is 0 Å². The van der Waals surface area contributed by atoms with Gasteiger partial charge in [-0.05, 0) is 29.7 Å². The highest BCUT2D eigenvalue weighted by Crippen LogP contribution is 2.29. The third-order valence-electron chi connectivity index (χ3n) is 3.53. The normalized spacial score (nSPS) is 15.2. The first-order valence-electron chi connectivity index (χ1n) is 6.71. The summed E-state index contributed by atoms with van der Waals surface area (Å²) >= 11 is 0. The third-order valence-corrected chi connectivity index (χ3v) is 3.53. The van der Waals surface area contributed by atoms with Crippen molar-refractivity contribution in [1.29, 1.82) is 0 Å². The molecule has 0 aromatic heterocycles. The number of benzene rings is 3. The zero-order chi connectivity index (χ0) is 14.2. The van der Waals surface area contributed by atoms with E-state index in [1.54, 1.807) is 6.07 Å². The zero-order valence-corrected chi connectivity index (χ0v) is 11.1. The number of aliphatic imine (C=N–C) groups is 1. The highest BCUT2D eigenvalue weighted by atomic mass is 16.5. The van der Waals surface area contributed by atoms with Crippen molar-refractivity contribution in [1.82, 2.24) is 0 Å². The number of para-hydroxylation sites is 1. The van der Waals surface area contributed by atoms with Crippen molar-refractivity contribution in [2.45, 2.75) is 0 Å². The van der Waals surface area contributed by atoms with Crippen molar-refractivity contribution in [3.8, 4) is 0 Å². The number of carbonyl (C=O) groups excluding carboxylic acids is 1. The van der Waals surface area contributed by atoms with Crippen LogP contribution in [-0.2, 0) is 4.74 Å². The number of hydrogen-bond acceptors (Lipinski definition) is 3. The Hall–Kier alpha value is -2.94. The molecule has 3 heteroatoms. The molecule has 3 aromatic carbocycles. The number of ether oxygens (including phenoxy) is 1. The lowest BCUT2D eigenvalue weighted by Crippen LogP contribution is -2.20. The van der Waals surface area contributed by atoms with E-state index >= 15 is 0 Å². The van der Waals surface area contributed by atoms with Gasteiger partial charge in [-0.1, -0.05) is 42.5 Å². The van der Waals surface area contributed by atoms with E-state index in [1.165, 1.54) is 0 Å². The highest BCUT2D eigenvalue weighted by molar-refractivity contribution is 6.22. The molecular weight excluding hydrogens is 262 g/mol. The lowest BCUT2D eigenvalue weighted by molar-refractivity contribution is 0.0716. The minimum absolute atomic E-state index is 0.353. The summed E-state index contributed by atoms with van der Waals surface area (Å²) < 4.78 is 5.42. The van der Waals surface area contributed by atoms with Crippen LogP contribution in [-0.4, -0.2) is 11.9 Å². The van der Waals surface area contributed by atoms with Gasteiger partial charge in [0.05, 0.1) is 11.3 Å². The number of nitrogens with zero attached hydrogens (tertiary/aromatic N) is 1. The summed E-state index contributed by atoms with van der Waals surface area (Å²) in [6, 6.07) is 21.0. The van der Waals surface area contributed by atoms with Crippen LogP contribution in [0.1, 0.15) is 15.9 Å². The number of esters is 1. The van der Waals surface area contributed by atoms with Crippen LogP contribution in [0.5, 0.6) is 0 Å². The lowest BCUT2D eigenvalue weighted by Gasteiger charge is -2.18. The minimum Gasteiger partial charge on any atom is -0.403 e. The molecule has 0 saturated heterocycles. The molecule has 0 fully saturated rings. The smallest absolute Gasteiger partial charge is 0.345 e. The molecule has 0 radical (unpaired) electrons. The van der Waals surface area contributed by atoms with Crippen LogP contribution in [0.4, 0.5) is 5.69 Å². The van der Waals surface area contributed by atoms with Gasteiger partial charge in [0, 0.05) is 10.9 Å². The average Bonchev–Trinajstić information content (AvgIpc) is 2.53. The summed E-state index contributed by atoms with van der Waals surface area (Å²) in [5.41, 5.74) is 2.21. The molecular formula is C18H11NO2. The molecule has 1 aliphatic heterocycles. The molecule has 3 aromatic rings. The van der Waals surface area contributed by atoms with E-state index in [0.717, 1.165) is 22.0 Å². The monoisotopic (exact) mass is 273 g/mol. The Morgan fingerprint density at radius 3 is 2.24 bits per heavy atom. The molecule has 0 atom stereocenters. The van der Waals surface area contributed by atoms with Crippen LogP contribution in [0.2, 0.25) is 0 Å². The molecule has 0 aliphatic carbocycles. The van der Waals surface area contributed by atoms with Crippen LogP contribution in [0.15, 0.2) is 71.7 Å². The Kier molecular flexibility index (Phi) is 2.57. The number of hydrogen-bond donors (Lipinski definition) is 0. The van der Waals surface area contributed by atoms with E-state index in [0.29, 0.717) is 11.5 Å². The van der Waals surface area contributed by atoms with Crippen molar-refractivity contribution >= 4 is 28.3 Å². The van der Waals surface area contributed by atoms with E-state index in [4.69, 9.17) is 4.74 Å². The molecule has 0 spiro atoms. The number of carbonyl (C=O) groups is 1. The molecule has 0 amide bonds. The van der Waals surface area contributed by atoms with Crippen LogP contribution in [0.3, 0.4) is 0 Å². The van der Waals surface area contributed by atoms with Gasteiger partial charge < -0.3 is 4.74 Å². The predicted octanol–water partition coefficient (Wildman–Crippen LogP) is 4.09. The van der Waals surface area contributed by atoms with Gasteiger partial charge in [-0.15, -0.1) is 0 Å².